The van der Waals surface area contributed by atoms with Gasteiger partial charge < -0.3 is 15.8 Å². The summed E-state index contributed by atoms with van der Waals surface area (Å²) in [6.07, 6.45) is 0. The lowest BCUT2D eigenvalue weighted by atomic mass is 10.1. The van der Waals surface area contributed by atoms with Gasteiger partial charge in [0.25, 0.3) is 0 Å². The lowest BCUT2D eigenvalue weighted by molar-refractivity contribution is -0.0328. The molecular weight excluding hydrogens is 255 g/mol. The Morgan fingerprint density at radius 1 is 1.53 bits per heavy atom. The lowest BCUT2D eigenvalue weighted by Crippen LogP contribution is -2.36. The van der Waals surface area contributed by atoms with Gasteiger partial charge in [0.2, 0.25) is 0 Å². The number of nitrogens with two attached hydrogens (primary N) is 1. The molecule has 0 aliphatic heterocycles. The van der Waals surface area contributed by atoms with Gasteiger partial charge in [0.05, 0.1) is 0 Å². The average molecular weight is 273 g/mol. The second kappa shape index (κ2) is 7.65. The third-order valence-electron chi connectivity index (χ3n) is 2.27. The largest absolute Gasteiger partial charge is 0.441 e. The van der Waals surface area contributed by atoms with Crippen molar-refractivity contribution in [3.8, 4) is 0 Å². The van der Waals surface area contributed by atoms with Crippen molar-refractivity contribution in [1.82, 2.24) is 4.90 Å². The highest BCUT2D eigenvalue weighted by atomic mass is 32.2. The first-order chi connectivity index (χ1) is 7.80. The van der Waals surface area contributed by atoms with Gasteiger partial charge in [-0.1, -0.05) is 19.0 Å². The third kappa shape index (κ3) is 8.14. The molecule has 0 radical (unpaired) electrons. The first-order valence-electron chi connectivity index (χ1n) is 5.20. The second-order valence-electron chi connectivity index (χ2n) is 3.61. The van der Waals surface area contributed by atoms with Crippen LogP contribution in [0.5, 0.6) is 0 Å². The van der Waals surface area contributed by atoms with Crippen LogP contribution >= 0.6 is 11.8 Å². The Labute approximate surface area is 103 Å². The first kappa shape index (κ1) is 16.4. The van der Waals surface area contributed by atoms with Crippen LogP contribution in [0, 0.1) is 5.92 Å². The minimum atomic E-state index is -4.18. The smallest absolute Gasteiger partial charge is 0.409 e. The number of alkyl halides is 3. The summed E-state index contributed by atoms with van der Waals surface area (Å²) in [5, 5.41) is 11.3. The molecule has 1 atom stereocenters. The van der Waals surface area contributed by atoms with Gasteiger partial charge in [-0.3, -0.25) is 0 Å². The summed E-state index contributed by atoms with van der Waals surface area (Å²) < 4.78 is 35.8. The number of thioether (sulfide) groups is 1. The quantitative estimate of drug-likeness (QED) is 0.322. The zero-order valence-electron chi connectivity index (χ0n) is 9.87. The standard InChI is InChI=1S/C9H18F3N3OS/c1-3-15(4-5-17-9(10,11)12)6-7(2)8(13)14-16/h7,16H,3-6H2,1-2H3,(H2,13,14). The van der Waals surface area contributed by atoms with Gasteiger partial charge in [0.15, 0.2) is 0 Å². The Hall–Kier alpha value is -0.630. The van der Waals surface area contributed by atoms with Gasteiger partial charge in [-0.05, 0) is 18.3 Å². The molecule has 3 N–H and O–H groups in total. The van der Waals surface area contributed by atoms with E-state index in [0.29, 0.717) is 19.6 Å². The number of rotatable bonds is 7. The van der Waals surface area contributed by atoms with E-state index >= 15 is 0 Å². The van der Waals surface area contributed by atoms with Crippen molar-refractivity contribution in [2.24, 2.45) is 16.8 Å². The van der Waals surface area contributed by atoms with Crippen LogP contribution in [0.2, 0.25) is 0 Å². The molecule has 0 aliphatic carbocycles. The van der Waals surface area contributed by atoms with Crippen LogP contribution in [0.4, 0.5) is 13.2 Å². The minimum absolute atomic E-state index is 0.0137. The maximum atomic E-state index is 11.9. The van der Waals surface area contributed by atoms with E-state index in [0.717, 1.165) is 0 Å². The molecule has 0 amide bonds. The highest BCUT2D eigenvalue weighted by Gasteiger charge is 2.27. The highest BCUT2D eigenvalue weighted by molar-refractivity contribution is 8.00. The molecule has 0 aliphatic rings. The molecule has 0 rings (SSSR count). The molecule has 0 heterocycles. The van der Waals surface area contributed by atoms with E-state index in [1.807, 2.05) is 11.8 Å². The predicted molar refractivity (Wildman–Crippen MR) is 63.2 cm³/mol. The molecule has 0 aromatic rings. The molecular formula is C9H18F3N3OS. The van der Waals surface area contributed by atoms with Crippen molar-refractivity contribution in [2.75, 3.05) is 25.4 Å². The summed E-state index contributed by atoms with van der Waals surface area (Å²) in [7, 11) is 0. The predicted octanol–water partition coefficient (Wildman–Crippen LogP) is 1.94. The maximum absolute atomic E-state index is 11.9. The molecule has 0 fully saturated rings. The molecule has 0 aromatic carbocycles. The fourth-order valence-corrected chi connectivity index (χ4v) is 1.83. The molecule has 8 heteroatoms. The Bertz CT molecular complexity index is 248. The fourth-order valence-electron chi connectivity index (χ4n) is 1.25. The van der Waals surface area contributed by atoms with E-state index in [4.69, 9.17) is 10.9 Å². The molecule has 0 saturated heterocycles. The van der Waals surface area contributed by atoms with Gasteiger partial charge in [-0.25, -0.2) is 0 Å². The van der Waals surface area contributed by atoms with E-state index in [1.165, 1.54) is 0 Å². The summed E-state index contributed by atoms with van der Waals surface area (Å²) in [5.41, 5.74) is 1.22. The summed E-state index contributed by atoms with van der Waals surface area (Å²) in [4.78, 5) is 1.83. The molecule has 102 valence electrons. The topological polar surface area (TPSA) is 61.8 Å². The van der Waals surface area contributed by atoms with Crippen LogP contribution in [0.1, 0.15) is 13.8 Å². The van der Waals surface area contributed by atoms with Crippen LogP contribution in [-0.2, 0) is 0 Å². The zero-order chi connectivity index (χ0) is 13.5. The third-order valence-corrected chi connectivity index (χ3v) is 2.99. The Morgan fingerprint density at radius 2 is 2.12 bits per heavy atom. The number of oxime groups is 1. The van der Waals surface area contributed by atoms with Gasteiger partial charge in [-0.15, -0.1) is 0 Å². The fraction of sp³-hybridized carbons (Fsp3) is 0.889. The van der Waals surface area contributed by atoms with Crippen LogP contribution in [0.25, 0.3) is 0 Å². The molecule has 17 heavy (non-hydrogen) atoms. The zero-order valence-corrected chi connectivity index (χ0v) is 10.7. The van der Waals surface area contributed by atoms with Crippen LogP contribution in [0.15, 0.2) is 5.16 Å². The second-order valence-corrected chi connectivity index (χ2v) is 4.77. The number of hydrogen-bond donors (Lipinski definition) is 2. The van der Waals surface area contributed by atoms with E-state index in [-0.39, 0.29) is 29.3 Å². The van der Waals surface area contributed by atoms with E-state index in [9.17, 15) is 13.2 Å². The van der Waals surface area contributed by atoms with Crippen molar-refractivity contribution in [1.29, 1.82) is 0 Å². The molecule has 0 aromatic heterocycles. The van der Waals surface area contributed by atoms with Gasteiger partial charge in [0.1, 0.15) is 5.84 Å². The van der Waals surface area contributed by atoms with Crippen LogP contribution in [-0.4, -0.2) is 46.8 Å². The van der Waals surface area contributed by atoms with Crippen LogP contribution < -0.4 is 5.73 Å². The van der Waals surface area contributed by atoms with Crippen LogP contribution in [0.3, 0.4) is 0 Å². The molecule has 0 bridgehead atoms. The van der Waals surface area contributed by atoms with E-state index in [1.54, 1.807) is 6.92 Å². The summed E-state index contributed by atoms with van der Waals surface area (Å²) in [5.74, 6) is -0.108. The molecule has 4 nitrogen and oxygen atoms in total. The van der Waals surface area contributed by atoms with Crippen molar-refractivity contribution in [2.45, 2.75) is 19.4 Å². The maximum Gasteiger partial charge on any atom is 0.441 e. The van der Waals surface area contributed by atoms with Crippen molar-refractivity contribution in [3.05, 3.63) is 0 Å². The van der Waals surface area contributed by atoms with Crippen molar-refractivity contribution in [3.63, 3.8) is 0 Å². The number of halogens is 3. The molecule has 1 unspecified atom stereocenters. The van der Waals surface area contributed by atoms with E-state index in [2.05, 4.69) is 5.16 Å². The highest BCUT2D eigenvalue weighted by Crippen LogP contribution is 2.29. The summed E-state index contributed by atoms with van der Waals surface area (Å²) in [6.45, 7) is 5.04. The average Bonchev–Trinajstić information content (AvgIpc) is 2.24. The first-order valence-corrected chi connectivity index (χ1v) is 6.19. The normalized spacial score (nSPS) is 15.3. The van der Waals surface area contributed by atoms with E-state index < -0.39 is 5.51 Å². The van der Waals surface area contributed by atoms with Gasteiger partial charge >= 0.3 is 5.51 Å². The summed E-state index contributed by atoms with van der Waals surface area (Å²) in [6, 6.07) is 0. The summed E-state index contributed by atoms with van der Waals surface area (Å²) >= 11 is -0.0340. The molecule has 0 saturated carbocycles. The number of amidine groups is 1. The van der Waals surface area contributed by atoms with Gasteiger partial charge in [-0.2, -0.15) is 13.2 Å². The number of nitrogens with zero attached hydrogens (tertiary/aromatic N) is 2. The number of hydrogen-bond acceptors (Lipinski definition) is 4. The lowest BCUT2D eigenvalue weighted by Gasteiger charge is -2.23. The SMILES string of the molecule is CCN(CCSC(F)(F)F)CC(C)C(N)=NO. The van der Waals surface area contributed by atoms with Crippen molar-refractivity contribution < 1.29 is 18.4 Å². The minimum Gasteiger partial charge on any atom is -0.409 e. The Kier molecular flexibility index (Phi) is 7.37. The Balaban J connectivity index is 4.00. The van der Waals surface area contributed by atoms with Crippen molar-refractivity contribution >= 4 is 17.6 Å². The van der Waals surface area contributed by atoms with Gasteiger partial charge in [0, 0.05) is 24.8 Å². The Morgan fingerprint density at radius 3 is 2.53 bits per heavy atom. The monoisotopic (exact) mass is 273 g/mol. The molecule has 0 spiro atoms.